The molecular weight excluding hydrogens is 282 g/mol. The van der Waals surface area contributed by atoms with Gasteiger partial charge in [-0.25, -0.2) is 4.98 Å². The molecule has 0 aliphatic heterocycles. The van der Waals surface area contributed by atoms with Crippen LogP contribution in [0.4, 0.5) is 0 Å². The van der Waals surface area contributed by atoms with Crippen LogP contribution in [0.15, 0.2) is 48.7 Å². The summed E-state index contributed by atoms with van der Waals surface area (Å²) in [6.07, 6.45) is 1.53. The Morgan fingerprint density at radius 1 is 1.23 bits per heavy atom. The van der Waals surface area contributed by atoms with E-state index in [1.807, 2.05) is 6.07 Å². The van der Waals surface area contributed by atoms with Crippen molar-refractivity contribution in [1.82, 2.24) is 10.3 Å². The molecule has 0 aliphatic carbocycles. The highest BCUT2D eigenvalue weighted by Gasteiger charge is 2.22. The molecule has 114 valence electrons. The zero-order valence-electron chi connectivity index (χ0n) is 12.2. The molecule has 22 heavy (non-hydrogen) atoms. The highest BCUT2D eigenvalue weighted by molar-refractivity contribution is 5.99. The summed E-state index contributed by atoms with van der Waals surface area (Å²) >= 11 is 0. The van der Waals surface area contributed by atoms with Gasteiger partial charge >= 0.3 is 0 Å². The van der Waals surface area contributed by atoms with E-state index in [0.29, 0.717) is 12.2 Å². The molecule has 0 saturated carbocycles. The summed E-state index contributed by atoms with van der Waals surface area (Å²) in [7, 11) is 0. The van der Waals surface area contributed by atoms with E-state index in [0.717, 1.165) is 0 Å². The van der Waals surface area contributed by atoms with Crippen LogP contribution < -0.4 is 15.8 Å². The molecule has 6 nitrogen and oxygen atoms in total. The maximum atomic E-state index is 12.4. The molecule has 2 rings (SSSR count). The molecule has 0 fully saturated rings. The number of hydrogen-bond acceptors (Lipinski definition) is 4. The lowest BCUT2D eigenvalue weighted by Crippen LogP contribution is -2.37. The van der Waals surface area contributed by atoms with Crippen molar-refractivity contribution in [2.75, 3.05) is 6.61 Å². The second-order valence-electron chi connectivity index (χ2n) is 4.51. The van der Waals surface area contributed by atoms with Crippen molar-refractivity contribution >= 4 is 11.8 Å². The number of nitrogens with one attached hydrogen (secondary N) is 1. The van der Waals surface area contributed by atoms with Crippen LogP contribution in [0.25, 0.3) is 0 Å². The van der Waals surface area contributed by atoms with Gasteiger partial charge in [-0.15, -0.1) is 0 Å². The summed E-state index contributed by atoms with van der Waals surface area (Å²) in [5.74, 6) is -0.885. The lowest BCUT2D eigenvalue weighted by Gasteiger charge is -2.16. The normalized spacial score (nSPS) is 11.5. The Morgan fingerprint density at radius 3 is 2.59 bits per heavy atom. The number of benzene rings is 1. The summed E-state index contributed by atoms with van der Waals surface area (Å²) in [6.45, 7) is 2.18. The van der Waals surface area contributed by atoms with E-state index >= 15 is 0 Å². The number of amides is 2. The third kappa shape index (κ3) is 3.60. The summed E-state index contributed by atoms with van der Waals surface area (Å²) < 4.78 is 5.32. The van der Waals surface area contributed by atoms with Gasteiger partial charge in [0.15, 0.2) is 0 Å². The first-order valence-electron chi connectivity index (χ1n) is 6.86. The van der Waals surface area contributed by atoms with Crippen molar-refractivity contribution in [3.05, 3.63) is 59.8 Å². The Bertz CT molecular complexity index is 659. The number of nitrogens with zero attached hydrogens (tertiary/aromatic N) is 1. The third-order valence-electron chi connectivity index (χ3n) is 2.99. The molecule has 2 amide bonds. The van der Waals surface area contributed by atoms with Crippen molar-refractivity contribution in [2.45, 2.75) is 13.0 Å². The molecule has 1 heterocycles. The summed E-state index contributed by atoms with van der Waals surface area (Å²) in [5.41, 5.74) is 6.26. The second-order valence-corrected chi connectivity index (χ2v) is 4.51. The largest absolute Gasteiger partial charge is 0.477 e. The van der Waals surface area contributed by atoms with E-state index in [1.165, 1.54) is 6.20 Å². The van der Waals surface area contributed by atoms with Crippen LogP contribution in [-0.2, 0) is 4.79 Å². The Labute approximate surface area is 128 Å². The van der Waals surface area contributed by atoms with Gasteiger partial charge in [0.1, 0.15) is 11.6 Å². The molecular formula is C16H17N3O3. The van der Waals surface area contributed by atoms with Crippen LogP contribution in [-0.4, -0.2) is 23.4 Å². The summed E-state index contributed by atoms with van der Waals surface area (Å²) in [6, 6.07) is 11.1. The highest BCUT2D eigenvalue weighted by Crippen LogP contribution is 2.17. The van der Waals surface area contributed by atoms with Gasteiger partial charge in [-0.3, -0.25) is 9.59 Å². The predicted molar refractivity (Wildman–Crippen MR) is 81.2 cm³/mol. The van der Waals surface area contributed by atoms with Crippen molar-refractivity contribution < 1.29 is 14.3 Å². The Morgan fingerprint density at radius 2 is 1.95 bits per heavy atom. The van der Waals surface area contributed by atoms with Crippen LogP contribution in [0.3, 0.4) is 0 Å². The molecule has 1 unspecified atom stereocenters. The number of hydrogen-bond donors (Lipinski definition) is 2. The number of nitrogens with two attached hydrogens (primary N) is 1. The van der Waals surface area contributed by atoms with Gasteiger partial charge in [-0.05, 0) is 24.6 Å². The maximum Gasteiger partial charge on any atom is 0.257 e. The first kappa shape index (κ1) is 15.5. The van der Waals surface area contributed by atoms with Crippen LogP contribution in [0, 0.1) is 0 Å². The fraction of sp³-hybridized carbons (Fsp3) is 0.188. The lowest BCUT2D eigenvalue weighted by molar-refractivity contribution is -0.120. The van der Waals surface area contributed by atoms with Gasteiger partial charge < -0.3 is 15.8 Å². The number of pyridine rings is 1. The quantitative estimate of drug-likeness (QED) is 0.843. The average molecular weight is 299 g/mol. The standard InChI is InChI=1S/C16H17N3O3/c1-2-22-16-12(9-6-10-18-16)15(21)19-13(14(17)20)11-7-4-3-5-8-11/h3-10,13H,2H2,1H3,(H2,17,20)(H,19,21). The highest BCUT2D eigenvalue weighted by atomic mass is 16.5. The molecule has 1 aromatic heterocycles. The number of ether oxygens (including phenoxy) is 1. The summed E-state index contributed by atoms with van der Waals surface area (Å²) in [4.78, 5) is 28.0. The molecule has 1 atom stereocenters. The number of rotatable bonds is 6. The number of carbonyl (C=O) groups is 2. The van der Waals surface area contributed by atoms with Crippen molar-refractivity contribution in [3.8, 4) is 5.88 Å². The SMILES string of the molecule is CCOc1ncccc1C(=O)NC(C(N)=O)c1ccccc1. The minimum Gasteiger partial charge on any atom is -0.477 e. The smallest absolute Gasteiger partial charge is 0.257 e. The minimum atomic E-state index is -0.914. The zero-order valence-corrected chi connectivity index (χ0v) is 12.2. The van der Waals surface area contributed by atoms with E-state index in [4.69, 9.17) is 10.5 Å². The van der Waals surface area contributed by atoms with Gasteiger partial charge in [0.25, 0.3) is 5.91 Å². The van der Waals surface area contributed by atoms with Gasteiger partial charge in [0.05, 0.1) is 6.61 Å². The van der Waals surface area contributed by atoms with Gasteiger partial charge in [0.2, 0.25) is 11.8 Å². The van der Waals surface area contributed by atoms with Crippen LogP contribution in [0.2, 0.25) is 0 Å². The van der Waals surface area contributed by atoms with Crippen LogP contribution >= 0.6 is 0 Å². The molecule has 0 aliphatic rings. The summed E-state index contributed by atoms with van der Waals surface area (Å²) in [5, 5.41) is 2.61. The second kappa shape index (κ2) is 7.21. The van der Waals surface area contributed by atoms with Crippen LogP contribution in [0.1, 0.15) is 28.9 Å². The van der Waals surface area contributed by atoms with Crippen molar-refractivity contribution in [1.29, 1.82) is 0 Å². The molecule has 6 heteroatoms. The zero-order chi connectivity index (χ0) is 15.9. The lowest BCUT2D eigenvalue weighted by atomic mass is 10.1. The molecule has 1 aromatic carbocycles. The van der Waals surface area contributed by atoms with Gasteiger partial charge in [-0.2, -0.15) is 0 Å². The average Bonchev–Trinajstić information content (AvgIpc) is 2.54. The third-order valence-corrected chi connectivity index (χ3v) is 2.99. The predicted octanol–water partition coefficient (Wildman–Crippen LogP) is 1.44. The van der Waals surface area contributed by atoms with E-state index in [1.54, 1.807) is 43.3 Å². The molecule has 0 bridgehead atoms. The van der Waals surface area contributed by atoms with E-state index in [2.05, 4.69) is 10.3 Å². The van der Waals surface area contributed by atoms with Gasteiger partial charge in [-0.1, -0.05) is 30.3 Å². The molecule has 0 radical (unpaired) electrons. The minimum absolute atomic E-state index is 0.221. The van der Waals surface area contributed by atoms with Gasteiger partial charge in [0, 0.05) is 6.20 Å². The Hall–Kier alpha value is -2.89. The first-order valence-corrected chi connectivity index (χ1v) is 6.86. The van der Waals surface area contributed by atoms with Crippen LogP contribution in [0.5, 0.6) is 5.88 Å². The fourth-order valence-corrected chi connectivity index (χ4v) is 1.99. The number of aromatic nitrogens is 1. The topological polar surface area (TPSA) is 94.3 Å². The number of primary amides is 1. The van der Waals surface area contributed by atoms with E-state index in [-0.39, 0.29) is 11.4 Å². The molecule has 2 aromatic rings. The Kier molecular flexibility index (Phi) is 5.08. The van der Waals surface area contributed by atoms with Crippen molar-refractivity contribution in [2.24, 2.45) is 5.73 Å². The Balaban J connectivity index is 2.24. The monoisotopic (exact) mass is 299 g/mol. The molecule has 0 saturated heterocycles. The number of carbonyl (C=O) groups excluding carboxylic acids is 2. The first-order chi connectivity index (χ1) is 10.6. The van der Waals surface area contributed by atoms with E-state index in [9.17, 15) is 9.59 Å². The molecule has 3 N–H and O–H groups in total. The maximum absolute atomic E-state index is 12.4. The molecule has 0 spiro atoms. The van der Waals surface area contributed by atoms with E-state index < -0.39 is 17.9 Å². The van der Waals surface area contributed by atoms with Crippen molar-refractivity contribution in [3.63, 3.8) is 0 Å². The fourth-order valence-electron chi connectivity index (χ4n) is 1.99.